The van der Waals surface area contributed by atoms with Gasteiger partial charge in [-0.05, 0) is 23.5 Å². The summed E-state index contributed by atoms with van der Waals surface area (Å²) in [6.45, 7) is 8.97. The summed E-state index contributed by atoms with van der Waals surface area (Å²) in [5.74, 6) is 0. The second-order valence-electron chi connectivity index (χ2n) is 6.81. The average molecular weight is 347 g/mol. The number of carbonyl (C=O) groups excluding carboxylic acids is 1. The minimum Gasteiger partial charge on any atom is -0.387 e. The molecule has 0 saturated carbocycles. The number of nitrogens with zero attached hydrogens (tertiary/aromatic N) is 1. The summed E-state index contributed by atoms with van der Waals surface area (Å²) >= 11 is 1.51. The highest BCUT2D eigenvalue weighted by Crippen LogP contribution is 2.23. The molecule has 0 radical (unpaired) electrons. The molecule has 0 saturated heterocycles. The molecule has 1 atom stereocenters. The van der Waals surface area contributed by atoms with Crippen molar-refractivity contribution in [1.82, 2.24) is 15.6 Å². The van der Waals surface area contributed by atoms with Gasteiger partial charge < -0.3 is 15.7 Å². The number of aliphatic hydroxyl groups is 1. The van der Waals surface area contributed by atoms with Gasteiger partial charge in [-0.3, -0.25) is 0 Å². The van der Waals surface area contributed by atoms with Gasteiger partial charge >= 0.3 is 6.03 Å². The lowest BCUT2D eigenvalue weighted by Gasteiger charge is -2.20. The van der Waals surface area contributed by atoms with Crippen LogP contribution in [-0.2, 0) is 12.0 Å². The topological polar surface area (TPSA) is 74.2 Å². The first-order chi connectivity index (χ1) is 11.3. The average Bonchev–Trinajstić information content (AvgIpc) is 2.95. The highest BCUT2D eigenvalue weighted by atomic mass is 32.1. The maximum atomic E-state index is 11.8. The van der Waals surface area contributed by atoms with Crippen molar-refractivity contribution in [2.24, 2.45) is 0 Å². The molecular formula is C18H25N3O2S. The highest BCUT2D eigenvalue weighted by molar-refractivity contribution is 7.09. The van der Waals surface area contributed by atoms with E-state index in [1.54, 1.807) is 5.51 Å². The molecule has 1 aromatic carbocycles. The Morgan fingerprint density at radius 3 is 2.46 bits per heavy atom. The van der Waals surface area contributed by atoms with Gasteiger partial charge in [-0.1, -0.05) is 45.0 Å². The van der Waals surface area contributed by atoms with Gasteiger partial charge in [0.15, 0.2) is 0 Å². The summed E-state index contributed by atoms with van der Waals surface area (Å²) < 4.78 is 0. The van der Waals surface area contributed by atoms with Crippen molar-refractivity contribution >= 4 is 17.4 Å². The molecule has 2 amide bonds. The van der Waals surface area contributed by atoms with E-state index in [1.807, 2.05) is 31.2 Å². The Hall–Kier alpha value is -1.92. The van der Waals surface area contributed by atoms with Crippen molar-refractivity contribution in [3.05, 3.63) is 51.5 Å². The summed E-state index contributed by atoms with van der Waals surface area (Å²) in [4.78, 5) is 17.0. The molecule has 1 aromatic heterocycles. The van der Waals surface area contributed by atoms with Gasteiger partial charge in [-0.2, -0.15) is 0 Å². The maximum Gasteiger partial charge on any atom is 0.315 e. The Balaban J connectivity index is 1.81. The predicted octanol–water partition coefficient (Wildman–Crippen LogP) is 3.28. The molecule has 2 rings (SSSR count). The van der Waals surface area contributed by atoms with Crippen molar-refractivity contribution in [3.8, 4) is 0 Å². The van der Waals surface area contributed by atoms with Crippen LogP contribution in [0.4, 0.5) is 4.79 Å². The molecule has 24 heavy (non-hydrogen) atoms. The lowest BCUT2D eigenvalue weighted by Crippen LogP contribution is -2.37. The Morgan fingerprint density at radius 2 is 1.92 bits per heavy atom. The van der Waals surface area contributed by atoms with Crippen LogP contribution in [0.15, 0.2) is 29.8 Å². The second-order valence-corrected chi connectivity index (χ2v) is 7.75. The molecule has 0 aliphatic carbocycles. The number of aliphatic hydroxyl groups excluding tert-OH is 1. The molecular weight excluding hydrogens is 322 g/mol. The summed E-state index contributed by atoms with van der Waals surface area (Å²) in [5, 5.41) is 15.7. The third kappa shape index (κ3) is 5.04. The Kier molecular flexibility index (Phi) is 5.96. The normalized spacial score (nSPS) is 12.7. The van der Waals surface area contributed by atoms with E-state index >= 15 is 0 Å². The Labute approximate surface area is 147 Å². The molecule has 0 spiro atoms. The number of urea groups is 1. The molecule has 1 heterocycles. The van der Waals surface area contributed by atoms with Gasteiger partial charge in [0.25, 0.3) is 0 Å². The third-order valence-electron chi connectivity index (χ3n) is 3.87. The SMILES string of the molecule is Cc1ncsc1CNC(=O)NC[C@H](O)c1ccc(C(C)(C)C)cc1. The van der Waals surface area contributed by atoms with Gasteiger partial charge in [-0.15, -0.1) is 11.3 Å². The molecule has 3 N–H and O–H groups in total. The van der Waals surface area contributed by atoms with Crippen LogP contribution < -0.4 is 10.6 Å². The molecule has 0 fully saturated rings. The molecule has 0 aliphatic rings. The number of thiazole rings is 1. The maximum absolute atomic E-state index is 11.8. The van der Waals surface area contributed by atoms with Gasteiger partial charge in [0.1, 0.15) is 0 Å². The van der Waals surface area contributed by atoms with Crippen LogP contribution in [0.1, 0.15) is 48.6 Å². The zero-order valence-corrected chi connectivity index (χ0v) is 15.4. The molecule has 0 bridgehead atoms. The van der Waals surface area contributed by atoms with E-state index in [0.29, 0.717) is 6.54 Å². The van der Waals surface area contributed by atoms with E-state index in [2.05, 4.69) is 36.4 Å². The molecule has 5 nitrogen and oxygen atoms in total. The lowest BCUT2D eigenvalue weighted by atomic mass is 9.86. The highest BCUT2D eigenvalue weighted by Gasteiger charge is 2.15. The second kappa shape index (κ2) is 7.77. The van der Waals surface area contributed by atoms with Crippen LogP contribution in [0, 0.1) is 6.92 Å². The number of nitrogens with one attached hydrogen (secondary N) is 2. The monoisotopic (exact) mass is 347 g/mol. The fraction of sp³-hybridized carbons (Fsp3) is 0.444. The van der Waals surface area contributed by atoms with Crippen LogP contribution in [-0.4, -0.2) is 22.7 Å². The molecule has 0 aliphatic heterocycles. The van der Waals surface area contributed by atoms with Gasteiger partial charge in [0.2, 0.25) is 0 Å². The lowest BCUT2D eigenvalue weighted by molar-refractivity contribution is 0.173. The van der Waals surface area contributed by atoms with E-state index in [4.69, 9.17) is 0 Å². The number of rotatable bonds is 5. The van der Waals surface area contributed by atoms with Crippen molar-refractivity contribution in [2.45, 2.75) is 45.8 Å². The molecule has 0 unspecified atom stereocenters. The zero-order chi connectivity index (χ0) is 17.7. The first-order valence-corrected chi connectivity index (χ1v) is 8.84. The predicted molar refractivity (Wildman–Crippen MR) is 97.2 cm³/mol. The number of carbonyl (C=O) groups is 1. The van der Waals surface area contributed by atoms with Crippen molar-refractivity contribution in [1.29, 1.82) is 0 Å². The van der Waals surface area contributed by atoms with E-state index in [-0.39, 0.29) is 18.0 Å². The first-order valence-electron chi connectivity index (χ1n) is 7.96. The minimum absolute atomic E-state index is 0.0798. The fourth-order valence-corrected chi connectivity index (χ4v) is 2.95. The van der Waals surface area contributed by atoms with Gasteiger partial charge in [-0.25, -0.2) is 9.78 Å². The van der Waals surface area contributed by atoms with Gasteiger partial charge in [0.05, 0.1) is 23.9 Å². The smallest absolute Gasteiger partial charge is 0.315 e. The summed E-state index contributed by atoms with van der Waals surface area (Å²) in [6, 6.07) is 7.56. The van der Waals surface area contributed by atoms with Crippen LogP contribution in [0.25, 0.3) is 0 Å². The molecule has 6 heteroatoms. The molecule has 130 valence electrons. The number of benzene rings is 1. The van der Waals surface area contributed by atoms with Crippen molar-refractivity contribution in [2.75, 3.05) is 6.54 Å². The van der Waals surface area contributed by atoms with E-state index in [9.17, 15) is 9.90 Å². The van der Waals surface area contributed by atoms with E-state index < -0.39 is 6.10 Å². The number of aryl methyl sites for hydroxylation is 1. The zero-order valence-electron chi connectivity index (χ0n) is 14.6. The van der Waals surface area contributed by atoms with Crippen LogP contribution in [0.3, 0.4) is 0 Å². The number of amides is 2. The summed E-state index contributed by atoms with van der Waals surface area (Å²) in [5.41, 5.74) is 4.77. The standard InChI is InChI=1S/C18H25N3O2S/c1-12-16(24-11-21-12)10-20-17(23)19-9-15(22)13-5-7-14(8-6-13)18(2,3)4/h5-8,11,15,22H,9-10H2,1-4H3,(H2,19,20,23)/t15-/m0/s1. The fourth-order valence-electron chi connectivity index (χ4n) is 2.23. The number of hydrogen-bond acceptors (Lipinski definition) is 4. The first kappa shape index (κ1) is 18.4. The minimum atomic E-state index is -0.727. The van der Waals surface area contributed by atoms with Crippen LogP contribution in [0.2, 0.25) is 0 Å². The summed E-state index contributed by atoms with van der Waals surface area (Å²) in [6.07, 6.45) is -0.727. The van der Waals surface area contributed by atoms with Crippen molar-refractivity contribution in [3.63, 3.8) is 0 Å². The third-order valence-corrected chi connectivity index (χ3v) is 4.81. The van der Waals surface area contributed by atoms with Crippen LogP contribution >= 0.6 is 11.3 Å². The Bertz CT molecular complexity index is 674. The Morgan fingerprint density at radius 1 is 1.25 bits per heavy atom. The summed E-state index contributed by atoms with van der Waals surface area (Å²) in [7, 11) is 0. The van der Waals surface area contributed by atoms with Crippen molar-refractivity contribution < 1.29 is 9.90 Å². The molecule has 2 aromatic rings. The van der Waals surface area contributed by atoms with E-state index in [1.165, 1.54) is 16.9 Å². The number of aromatic nitrogens is 1. The quantitative estimate of drug-likeness (QED) is 0.777. The van der Waals surface area contributed by atoms with E-state index in [0.717, 1.165) is 16.1 Å². The van der Waals surface area contributed by atoms with Crippen LogP contribution in [0.5, 0.6) is 0 Å². The number of hydrogen-bond donors (Lipinski definition) is 3. The van der Waals surface area contributed by atoms with Gasteiger partial charge in [0, 0.05) is 11.4 Å². The largest absolute Gasteiger partial charge is 0.387 e.